The van der Waals surface area contributed by atoms with E-state index < -0.39 is 14.9 Å². The molecule has 1 aliphatic rings. The third-order valence-corrected chi connectivity index (χ3v) is 7.45. The van der Waals surface area contributed by atoms with E-state index in [1.54, 1.807) is 24.3 Å². The second-order valence-electron chi connectivity index (χ2n) is 8.00. The normalized spacial score (nSPS) is 14.8. The van der Waals surface area contributed by atoms with E-state index >= 15 is 0 Å². The van der Waals surface area contributed by atoms with Crippen molar-refractivity contribution in [2.75, 3.05) is 22.7 Å². The van der Waals surface area contributed by atoms with E-state index in [1.807, 2.05) is 12.1 Å². The van der Waals surface area contributed by atoms with Crippen molar-refractivity contribution < 1.29 is 13.3 Å². The minimum atomic E-state index is -4.15. The summed E-state index contributed by atoms with van der Waals surface area (Å²) in [6.45, 7) is 4.15. The van der Waals surface area contributed by atoms with Gasteiger partial charge in [-0.1, -0.05) is 30.7 Å². The second-order valence-corrected chi connectivity index (χ2v) is 10.1. The quantitative estimate of drug-likeness (QED) is 0.394. The summed E-state index contributed by atoms with van der Waals surface area (Å²) in [6.07, 6.45) is 2.25. The number of nitrogens with one attached hydrogen (secondary N) is 1. The maximum Gasteiger partial charge on any atom is 0.270 e. The lowest BCUT2D eigenvalue weighted by Crippen LogP contribution is -2.33. The van der Waals surface area contributed by atoms with Gasteiger partial charge in [-0.2, -0.15) is 0 Å². The van der Waals surface area contributed by atoms with Crippen molar-refractivity contribution >= 4 is 38.8 Å². The molecular formula is C22H22ClN5O4S. The fourth-order valence-corrected chi connectivity index (χ4v) is 5.22. The Kier molecular flexibility index (Phi) is 6.48. The minimum Gasteiger partial charge on any atom is -0.355 e. The van der Waals surface area contributed by atoms with Crippen molar-refractivity contribution in [3.05, 3.63) is 69.7 Å². The Morgan fingerprint density at radius 2 is 1.85 bits per heavy atom. The Morgan fingerprint density at radius 1 is 1.09 bits per heavy atom. The molecule has 0 atom stereocenters. The maximum atomic E-state index is 12.8. The third kappa shape index (κ3) is 5.23. The molecule has 1 saturated heterocycles. The van der Waals surface area contributed by atoms with Gasteiger partial charge < -0.3 is 4.90 Å². The number of non-ortho nitro benzene ring substituents is 1. The Labute approximate surface area is 196 Å². The van der Waals surface area contributed by atoms with E-state index in [0.717, 1.165) is 49.8 Å². The van der Waals surface area contributed by atoms with Crippen LogP contribution in [0.5, 0.6) is 0 Å². The Bertz CT molecular complexity index is 1280. The average molecular weight is 488 g/mol. The van der Waals surface area contributed by atoms with Crippen LogP contribution in [-0.2, 0) is 10.0 Å². The van der Waals surface area contributed by atoms with Gasteiger partial charge in [-0.3, -0.25) is 14.8 Å². The summed E-state index contributed by atoms with van der Waals surface area (Å²) in [6, 6.07) is 13.7. The van der Waals surface area contributed by atoms with Crippen LogP contribution in [0.2, 0.25) is 5.02 Å². The van der Waals surface area contributed by atoms with Gasteiger partial charge in [0.25, 0.3) is 15.7 Å². The SMILES string of the molecule is CC1CCN(c2ccc(-c3cccc(NS(=O)(=O)c4cc([N+](=O)[O-])ccc4Cl)c3)nn2)CC1. The number of anilines is 2. The second kappa shape index (κ2) is 9.32. The van der Waals surface area contributed by atoms with E-state index in [4.69, 9.17) is 11.6 Å². The first-order valence-electron chi connectivity index (χ1n) is 10.4. The molecule has 1 fully saturated rings. The first-order chi connectivity index (χ1) is 15.7. The van der Waals surface area contributed by atoms with Gasteiger partial charge in [-0.25, -0.2) is 8.42 Å². The monoisotopic (exact) mass is 487 g/mol. The number of hydrogen-bond donors (Lipinski definition) is 1. The van der Waals surface area contributed by atoms with Crippen molar-refractivity contribution in [2.45, 2.75) is 24.7 Å². The molecule has 0 amide bonds. The van der Waals surface area contributed by atoms with Gasteiger partial charge in [-0.05, 0) is 49.1 Å². The molecule has 1 N–H and O–H groups in total. The van der Waals surface area contributed by atoms with Gasteiger partial charge in [0.1, 0.15) is 4.90 Å². The van der Waals surface area contributed by atoms with Crippen LogP contribution in [0.4, 0.5) is 17.2 Å². The summed E-state index contributed by atoms with van der Waals surface area (Å²) in [7, 11) is -4.15. The van der Waals surface area contributed by atoms with Gasteiger partial charge in [0.2, 0.25) is 0 Å². The van der Waals surface area contributed by atoms with Gasteiger partial charge in [0.05, 0.1) is 15.6 Å². The van der Waals surface area contributed by atoms with E-state index in [-0.39, 0.29) is 21.3 Å². The van der Waals surface area contributed by atoms with Gasteiger partial charge >= 0.3 is 0 Å². The van der Waals surface area contributed by atoms with Gasteiger partial charge in [0.15, 0.2) is 5.82 Å². The lowest BCUT2D eigenvalue weighted by molar-refractivity contribution is -0.385. The Balaban J connectivity index is 1.55. The number of nitrogens with zero attached hydrogens (tertiary/aromatic N) is 4. The summed E-state index contributed by atoms with van der Waals surface area (Å²) < 4.78 is 28.1. The number of halogens is 1. The summed E-state index contributed by atoms with van der Waals surface area (Å²) in [5, 5.41) is 19.6. The molecule has 1 aliphatic heterocycles. The van der Waals surface area contributed by atoms with Crippen molar-refractivity contribution in [3.8, 4) is 11.3 Å². The molecule has 2 aromatic carbocycles. The van der Waals surface area contributed by atoms with Crippen LogP contribution in [-0.4, -0.2) is 36.6 Å². The van der Waals surface area contributed by atoms with E-state index in [2.05, 4.69) is 26.7 Å². The Morgan fingerprint density at radius 3 is 2.52 bits per heavy atom. The number of sulfonamides is 1. The number of aromatic nitrogens is 2. The number of piperidine rings is 1. The summed E-state index contributed by atoms with van der Waals surface area (Å²) in [5.74, 6) is 1.54. The van der Waals surface area contributed by atoms with Crippen LogP contribution in [0.3, 0.4) is 0 Å². The number of nitro groups is 1. The fourth-order valence-electron chi connectivity index (χ4n) is 3.65. The predicted molar refractivity (Wildman–Crippen MR) is 127 cm³/mol. The summed E-state index contributed by atoms with van der Waals surface area (Å²) in [5.41, 5.74) is 1.17. The summed E-state index contributed by atoms with van der Waals surface area (Å²) >= 11 is 6.00. The topological polar surface area (TPSA) is 118 Å². The van der Waals surface area contributed by atoms with E-state index in [0.29, 0.717) is 11.3 Å². The van der Waals surface area contributed by atoms with Gasteiger partial charge in [0, 0.05) is 36.5 Å². The summed E-state index contributed by atoms with van der Waals surface area (Å²) in [4.78, 5) is 12.2. The highest BCUT2D eigenvalue weighted by molar-refractivity contribution is 7.92. The lowest BCUT2D eigenvalue weighted by Gasteiger charge is -2.30. The van der Waals surface area contributed by atoms with Crippen LogP contribution in [0.15, 0.2) is 59.5 Å². The molecule has 0 saturated carbocycles. The van der Waals surface area contributed by atoms with Crippen LogP contribution in [0, 0.1) is 16.0 Å². The molecule has 1 aromatic heterocycles. The van der Waals surface area contributed by atoms with Crippen LogP contribution < -0.4 is 9.62 Å². The molecule has 172 valence electrons. The molecular weight excluding hydrogens is 466 g/mol. The highest BCUT2D eigenvalue weighted by Crippen LogP contribution is 2.29. The molecule has 3 aromatic rings. The maximum absolute atomic E-state index is 12.8. The fraction of sp³-hybridized carbons (Fsp3) is 0.273. The smallest absolute Gasteiger partial charge is 0.270 e. The zero-order chi connectivity index (χ0) is 23.6. The first-order valence-corrected chi connectivity index (χ1v) is 12.2. The van der Waals surface area contributed by atoms with Crippen molar-refractivity contribution in [1.82, 2.24) is 10.2 Å². The molecule has 2 heterocycles. The average Bonchev–Trinajstić information content (AvgIpc) is 2.79. The standard InChI is InChI=1S/C22H22ClN5O4S/c1-15-9-11-27(12-10-15)22-8-7-20(24-25-22)16-3-2-4-17(13-16)26-33(31,32)21-14-18(28(29)30)5-6-19(21)23/h2-8,13-15,26H,9-12H2,1H3. The van der Waals surface area contributed by atoms with Gasteiger partial charge in [-0.15, -0.1) is 10.2 Å². The van der Waals surface area contributed by atoms with Crippen molar-refractivity contribution in [3.63, 3.8) is 0 Å². The highest BCUT2D eigenvalue weighted by atomic mass is 35.5. The van der Waals surface area contributed by atoms with Crippen LogP contribution in [0.25, 0.3) is 11.3 Å². The number of hydrogen-bond acceptors (Lipinski definition) is 7. The predicted octanol–water partition coefficient (Wildman–Crippen LogP) is 4.74. The van der Waals surface area contributed by atoms with Crippen LogP contribution >= 0.6 is 11.6 Å². The van der Waals surface area contributed by atoms with E-state index in [1.165, 1.54) is 6.07 Å². The molecule has 4 rings (SSSR count). The van der Waals surface area contributed by atoms with Crippen LogP contribution in [0.1, 0.15) is 19.8 Å². The lowest BCUT2D eigenvalue weighted by atomic mass is 9.99. The zero-order valence-corrected chi connectivity index (χ0v) is 19.4. The molecule has 0 unspecified atom stereocenters. The largest absolute Gasteiger partial charge is 0.355 e. The third-order valence-electron chi connectivity index (χ3n) is 5.58. The number of nitro benzene ring substituents is 1. The van der Waals surface area contributed by atoms with Crippen molar-refractivity contribution in [1.29, 1.82) is 0 Å². The molecule has 11 heteroatoms. The molecule has 0 spiro atoms. The molecule has 9 nitrogen and oxygen atoms in total. The molecule has 0 radical (unpaired) electrons. The molecule has 0 bridgehead atoms. The van der Waals surface area contributed by atoms with E-state index in [9.17, 15) is 18.5 Å². The molecule has 33 heavy (non-hydrogen) atoms. The molecule has 0 aliphatic carbocycles. The highest BCUT2D eigenvalue weighted by Gasteiger charge is 2.22. The Hall–Kier alpha value is -3.24. The zero-order valence-electron chi connectivity index (χ0n) is 17.8. The first kappa shape index (κ1) is 22.9. The number of rotatable bonds is 6. The minimum absolute atomic E-state index is 0.113. The van der Waals surface area contributed by atoms with Crippen molar-refractivity contribution in [2.24, 2.45) is 5.92 Å². The number of benzene rings is 2.